The zero-order valence-corrected chi connectivity index (χ0v) is 18.6. The number of nitrogens with one attached hydrogen (secondary N) is 2. The number of para-hydroxylation sites is 1. The van der Waals surface area contributed by atoms with Gasteiger partial charge < -0.3 is 20.3 Å². The summed E-state index contributed by atoms with van der Waals surface area (Å²) in [5.41, 5.74) is 2.20. The van der Waals surface area contributed by atoms with Gasteiger partial charge in [0.15, 0.2) is 0 Å². The number of carbonyl (C=O) groups excluding carboxylic acids is 3. The minimum atomic E-state index is -0.214. The number of ether oxygens (including phenoxy) is 1. The molecule has 170 valence electrons. The molecule has 0 spiro atoms. The molecule has 1 aliphatic rings. The molecule has 3 amide bonds. The lowest BCUT2D eigenvalue weighted by Crippen LogP contribution is -2.34. The largest absolute Gasteiger partial charge is 0.493 e. The van der Waals surface area contributed by atoms with E-state index in [9.17, 15) is 14.4 Å². The van der Waals surface area contributed by atoms with Gasteiger partial charge in [-0.25, -0.2) is 0 Å². The van der Waals surface area contributed by atoms with Crippen LogP contribution in [-0.4, -0.2) is 42.3 Å². The van der Waals surface area contributed by atoms with Crippen molar-refractivity contribution in [2.24, 2.45) is 0 Å². The molecule has 7 nitrogen and oxygen atoms in total. The van der Waals surface area contributed by atoms with E-state index in [0.29, 0.717) is 56.0 Å². The molecule has 0 saturated carbocycles. The van der Waals surface area contributed by atoms with Crippen LogP contribution in [0.25, 0.3) is 0 Å². The van der Waals surface area contributed by atoms with Gasteiger partial charge >= 0.3 is 0 Å². The molecule has 32 heavy (non-hydrogen) atoms. The predicted molar refractivity (Wildman–Crippen MR) is 124 cm³/mol. The monoisotopic (exact) mass is 437 g/mol. The van der Waals surface area contributed by atoms with Gasteiger partial charge in [-0.1, -0.05) is 24.3 Å². The molecule has 2 aromatic carbocycles. The van der Waals surface area contributed by atoms with Crippen molar-refractivity contribution in [1.82, 2.24) is 10.2 Å². The minimum Gasteiger partial charge on any atom is -0.493 e. The second-order valence-electron chi connectivity index (χ2n) is 7.81. The molecule has 0 unspecified atom stereocenters. The number of amides is 3. The van der Waals surface area contributed by atoms with Gasteiger partial charge in [-0.3, -0.25) is 14.4 Å². The van der Waals surface area contributed by atoms with Crippen LogP contribution >= 0.6 is 0 Å². The lowest BCUT2D eigenvalue weighted by Gasteiger charge is -2.26. The number of anilines is 1. The van der Waals surface area contributed by atoms with Crippen molar-refractivity contribution < 1.29 is 19.1 Å². The number of benzene rings is 2. The molecule has 1 heterocycles. The standard InChI is InChI=1S/C25H31N3O4/c1-2-32-22-12-4-3-11-21(22)25(31)26-15-8-13-23(29)27-20-10-7-9-19(17-20)18-28-16-6-5-14-24(28)30/h3-4,7,9-12,17H,2,5-6,8,13-16,18H2,1H3,(H,26,31)(H,27,29). The molecule has 1 saturated heterocycles. The van der Waals surface area contributed by atoms with E-state index in [1.165, 1.54) is 0 Å². The Morgan fingerprint density at radius 2 is 1.94 bits per heavy atom. The van der Waals surface area contributed by atoms with Gasteiger partial charge in [0.05, 0.1) is 12.2 Å². The van der Waals surface area contributed by atoms with E-state index >= 15 is 0 Å². The van der Waals surface area contributed by atoms with Crippen LogP contribution in [-0.2, 0) is 16.1 Å². The van der Waals surface area contributed by atoms with Crippen LogP contribution in [0.15, 0.2) is 48.5 Å². The lowest BCUT2D eigenvalue weighted by atomic mass is 10.1. The Morgan fingerprint density at radius 3 is 2.75 bits per heavy atom. The first-order valence-corrected chi connectivity index (χ1v) is 11.2. The normalized spacial score (nSPS) is 13.5. The lowest BCUT2D eigenvalue weighted by molar-refractivity contribution is -0.133. The maximum absolute atomic E-state index is 12.4. The molecular weight excluding hydrogens is 406 g/mol. The third-order valence-electron chi connectivity index (χ3n) is 5.30. The van der Waals surface area contributed by atoms with Gasteiger partial charge in [0, 0.05) is 38.2 Å². The Bertz CT molecular complexity index is 944. The fourth-order valence-corrected chi connectivity index (χ4v) is 3.70. The summed E-state index contributed by atoms with van der Waals surface area (Å²) in [6.07, 6.45) is 3.43. The SMILES string of the molecule is CCOc1ccccc1C(=O)NCCCC(=O)Nc1cccc(CN2CCCCC2=O)c1. The average molecular weight is 438 g/mol. The van der Waals surface area contributed by atoms with E-state index in [4.69, 9.17) is 4.74 Å². The zero-order valence-electron chi connectivity index (χ0n) is 18.6. The van der Waals surface area contributed by atoms with E-state index in [-0.39, 0.29) is 17.7 Å². The summed E-state index contributed by atoms with van der Waals surface area (Å²) in [5.74, 6) is 0.419. The van der Waals surface area contributed by atoms with Crippen molar-refractivity contribution in [3.63, 3.8) is 0 Å². The van der Waals surface area contributed by atoms with Crippen molar-refractivity contribution in [3.8, 4) is 5.75 Å². The Labute approximate surface area is 189 Å². The first-order valence-electron chi connectivity index (χ1n) is 11.2. The maximum Gasteiger partial charge on any atom is 0.255 e. The van der Waals surface area contributed by atoms with Crippen LogP contribution in [0.5, 0.6) is 5.75 Å². The summed E-state index contributed by atoms with van der Waals surface area (Å²) in [6.45, 7) is 4.11. The molecule has 2 N–H and O–H groups in total. The van der Waals surface area contributed by atoms with Gasteiger partial charge in [-0.15, -0.1) is 0 Å². The van der Waals surface area contributed by atoms with Crippen molar-refractivity contribution in [1.29, 1.82) is 0 Å². The Hall–Kier alpha value is -3.35. The van der Waals surface area contributed by atoms with Gasteiger partial charge in [-0.2, -0.15) is 0 Å². The fraction of sp³-hybridized carbons (Fsp3) is 0.400. The summed E-state index contributed by atoms with van der Waals surface area (Å²) in [7, 11) is 0. The molecule has 1 fully saturated rings. The first-order chi connectivity index (χ1) is 15.6. The van der Waals surface area contributed by atoms with E-state index in [1.807, 2.05) is 42.2 Å². The summed E-state index contributed by atoms with van der Waals surface area (Å²) >= 11 is 0. The third kappa shape index (κ3) is 6.83. The van der Waals surface area contributed by atoms with Gasteiger partial charge in [0.1, 0.15) is 5.75 Å². The molecule has 0 bridgehead atoms. The summed E-state index contributed by atoms with van der Waals surface area (Å²) in [5, 5.41) is 5.74. The number of hydrogen-bond donors (Lipinski definition) is 2. The second-order valence-corrected chi connectivity index (χ2v) is 7.81. The van der Waals surface area contributed by atoms with Crippen LogP contribution in [0, 0.1) is 0 Å². The number of likely N-dealkylation sites (tertiary alicyclic amines) is 1. The summed E-state index contributed by atoms with van der Waals surface area (Å²) < 4.78 is 5.49. The number of carbonyl (C=O) groups is 3. The highest BCUT2D eigenvalue weighted by molar-refractivity contribution is 5.97. The van der Waals surface area contributed by atoms with Crippen LogP contribution in [0.1, 0.15) is 54.9 Å². The van der Waals surface area contributed by atoms with Gasteiger partial charge in [0.25, 0.3) is 5.91 Å². The van der Waals surface area contributed by atoms with Crippen molar-refractivity contribution in [2.75, 3.05) is 25.0 Å². The fourth-order valence-electron chi connectivity index (χ4n) is 3.70. The molecule has 3 rings (SSSR count). The Kier molecular flexibility index (Phi) is 8.66. The van der Waals surface area contributed by atoms with Crippen molar-refractivity contribution >= 4 is 23.4 Å². The molecule has 7 heteroatoms. The van der Waals surface area contributed by atoms with Crippen LogP contribution < -0.4 is 15.4 Å². The molecule has 0 radical (unpaired) electrons. The Balaban J connectivity index is 1.42. The highest BCUT2D eigenvalue weighted by Gasteiger charge is 2.18. The molecule has 0 atom stereocenters. The highest BCUT2D eigenvalue weighted by atomic mass is 16.5. The predicted octanol–water partition coefficient (Wildman–Crippen LogP) is 3.75. The van der Waals surface area contributed by atoms with E-state index in [2.05, 4.69) is 10.6 Å². The average Bonchev–Trinajstić information content (AvgIpc) is 2.79. The second kappa shape index (κ2) is 11.9. The van der Waals surface area contributed by atoms with Crippen LogP contribution in [0.3, 0.4) is 0 Å². The van der Waals surface area contributed by atoms with Gasteiger partial charge in [0.2, 0.25) is 11.8 Å². The van der Waals surface area contributed by atoms with E-state index in [0.717, 1.165) is 24.9 Å². The van der Waals surface area contributed by atoms with Crippen LogP contribution in [0.2, 0.25) is 0 Å². The molecular formula is C25H31N3O4. The maximum atomic E-state index is 12.4. The quantitative estimate of drug-likeness (QED) is 0.554. The highest BCUT2D eigenvalue weighted by Crippen LogP contribution is 2.18. The summed E-state index contributed by atoms with van der Waals surface area (Å²) in [4.78, 5) is 38.6. The number of nitrogens with zero attached hydrogens (tertiary/aromatic N) is 1. The first kappa shape index (κ1) is 23.3. The smallest absolute Gasteiger partial charge is 0.255 e. The zero-order chi connectivity index (χ0) is 22.8. The molecule has 0 aromatic heterocycles. The Morgan fingerprint density at radius 1 is 1.09 bits per heavy atom. The van der Waals surface area contributed by atoms with Crippen molar-refractivity contribution in [2.45, 2.75) is 45.6 Å². The van der Waals surface area contributed by atoms with E-state index in [1.54, 1.807) is 18.2 Å². The van der Waals surface area contributed by atoms with Crippen molar-refractivity contribution in [3.05, 3.63) is 59.7 Å². The topological polar surface area (TPSA) is 87.7 Å². The molecule has 2 aromatic rings. The number of rotatable bonds is 10. The third-order valence-corrected chi connectivity index (χ3v) is 5.30. The van der Waals surface area contributed by atoms with Crippen LogP contribution in [0.4, 0.5) is 5.69 Å². The minimum absolute atomic E-state index is 0.111. The van der Waals surface area contributed by atoms with E-state index < -0.39 is 0 Å². The molecule has 1 aliphatic heterocycles. The summed E-state index contributed by atoms with van der Waals surface area (Å²) in [6, 6.07) is 14.7. The number of piperidine rings is 1. The van der Waals surface area contributed by atoms with Gasteiger partial charge in [-0.05, 0) is 56.0 Å². The number of hydrogen-bond acceptors (Lipinski definition) is 4. The molecule has 0 aliphatic carbocycles.